The van der Waals surface area contributed by atoms with Crippen LogP contribution in [0.15, 0.2) is 47.4 Å². The molecule has 0 atom stereocenters. The molecule has 0 N–H and O–H groups in total. The van der Waals surface area contributed by atoms with Crippen LogP contribution in [-0.2, 0) is 16.6 Å². The molecular formula is C20H22F2N6O3S. The van der Waals surface area contributed by atoms with Crippen molar-refractivity contribution in [2.24, 2.45) is 0 Å². The van der Waals surface area contributed by atoms with E-state index in [9.17, 15) is 17.2 Å². The number of nitrogens with zero attached hydrogens (tertiary/aromatic N) is 6. The van der Waals surface area contributed by atoms with Gasteiger partial charge < -0.3 is 4.74 Å². The van der Waals surface area contributed by atoms with Gasteiger partial charge in [0.25, 0.3) is 0 Å². The quantitative estimate of drug-likeness (QED) is 0.527. The first-order valence-electron chi connectivity index (χ1n) is 10.1. The Morgan fingerprint density at radius 3 is 2.41 bits per heavy atom. The summed E-state index contributed by atoms with van der Waals surface area (Å²) >= 11 is 0. The standard InChI is InChI=1S/C20H22F2N6O3S/c1-2-31-17-6-4-16(5-7-17)28-20(23-24-25-28)14-26-9-11-27(12-10-26)32(29,30)19-8-3-15(21)13-18(19)22/h3-8,13H,2,9-12,14H2,1H3. The molecule has 0 aliphatic carbocycles. The lowest BCUT2D eigenvalue weighted by molar-refractivity contribution is 0.176. The van der Waals surface area contributed by atoms with Gasteiger partial charge in [-0.1, -0.05) is 0 Å². The topological polar surface area (TPSA) is 93.4 Å². The highest BCUT2D eigenvalue weighted by atomic mass is 32.2. The van der Waals surface area contributed by atoms with Crippen LogP contribution < -0.4 is 4.74 Å². The molecule has 0 unspecified atom stereocenters. The number of ether oxygens (including phenoxy) is 1. The lowest BCUT2D eigenvalue weighted by Crippen LogP contribution is -2.48. The first-order chi connectivity index (χ1) is 15.4. The van der Waals surface area contributed by atoms with Crippen molar-refractivity contribution in [1.82, 2.24) is 29.4 Å². The van der Waals surface area contributed by atoms with E-state index in [4.69, 9.17) is 4.74 Å². The van der Waals surface area contributed by atoms with Gasteiger partial charge in [-0.3, -0.25) is 4.90 Å². The molecule has 4 rings (SSSR count). The molecule has 2 heterocycles. The molecule has 9 nitrogen and oxygen atoms in total. The second-order valence-corrected chi connectivity index (χ2v) is 9.10. The Balaban J connectivity index is 1.41. The summed E-state index contributed by atoms with van der Waals surface area (Å²) in [5.74, 6) is -0.561. The third-order valence-corrected chi connectivity index (χ3v) is 7.07. The SMILES string of the molecule is CCOc1ccc(-n2nnnc2CN2CCN(S(=O)(=O)c3ccc(F)cc3F)CC2)cc1. The summed E-state index contributed by atoms with van der Waals surface area (Å²) in [6, 6.07) is 9.85. The summed E-state index contributed by atoms with van der Waals surface area (Å²) in [7, 11) is -4.05. The molecule has 32 heavy (non-hydrogen) atoms. The molecule has 1 aliphatic heterocycles. The molecule has 0 spiro atoms. The predicted octanol–water partition coefficient (Wildman–Crippen LogP) is 1.85. The molecule has 1 fully saturated rings. The molecule has 1 aromatic heterocycles. The summed E-state index contributed by atoms with van der Waals surface area (Å²) < 4.78 is 60.9. The number of piperazine rings is 1. The second kappa shape index (κ2) is 9.27. The van der Waals surface area contributed by atoms with Crippen molar-refractivity contribution in [3.8, 4) is 11.4 Å². The number of hydrogen-bond acceptors (Lipinski definition) is 7. The Kier molecular flexibility index (Phi) is 6.44. The highest BCUT2D eigenvalue weighted by Crippen LogP contribution is 2.22. The number of sulfonamides is 1. The van der Waals surface area contributed by atoms with E-state index < -0.39 is 26.6 Å². The van der Waals surface area contributed by atoms with Crippen LogP contribution in [0, 0.1) is 11.6 Å². The zero-order valence-corrected chi connectivity index (χ0v) is 18.2. The molecule has 2 aromatic carbocycles. The van der Waals surface area contributed by atoms with Gasteiger partial charge in [0.2, 0.25) is 10.0 Å². The third kappa shape index (κ3) is 4.61. The summed E-state index contributed by atoms with van der Waals surface area (Å²) in [4.78, 5) is 1.50. The normalized spacial score (nSPS) is 15.7. The van der Waals surface area contributed by atoms with E-state index in [2.05, 4.69) is 15.5 Å². The molecule has 170 valence electrons. The molecule has 1 saturated heterocycles. The zero-order chi connectivity index (χ0) is 22.7. The van der Waals surface area contributed by atoms with Gasteiger partial charge in [-0.25, -0.2) is 17.2 Å². The maximum atomic E-state index is 14.0. The van der Waals surface area contributed by atoms with Gasteiger partial charge in [-0.15, -0.1) is 5.10 Å². The Hall–Kier alpha value is -2.96. The highest BCUT2D eigenvalue weighted by molar-refractivity contribution is 7.89. The van der Waals surface area contributed by atoms with Crippen LogP contribution in [0.4, 0.5) is 8.78 Å². The fraction of sp³-hybridized carbons (Fsp3) is 0.350. The lowest BCUT2D eigenvalue weighted by Gasteiger charge is -2.33. The van der Waals surface area contributed by atoms with Gasteiger partial charge in [0.1, 0.15) is 22.3 Å². The van der Waals surface area contributed by atoms with Crippen LogP contribution in [0.1, 0.15) is 12.7 Å². The summed E-state index contributed by atoms with van der Waals surface area (Å²) in [6.45, 7) is 4.07. The number of benzene rings is 2. The van der Waals surface area contributed by atoms with Crippen molar-refractivity contribution >= 4 is 10.0 Å². The van der Waals surface area contributed by atoms with Gasteiger partial charge >= 0.3 is 0 Å². The van der Waals surface area contributed by atoms with E-state index in [0.717, 1.165) is 23.6 Å². The molecular weight excluding hydrogens is 442 g/mol. The van der Waals surface area contributed by atoms with Crippen LogP contribution in [0.5, 0.6) is 5.75 Å². The molecule has 0 bridgehead atoms. The average molecular weight is 464 g/mol. The fourth-order valence-electron chi connectivity index (χ4n) is 3.51. The van der Waals surface area contributed by atoms with E-state index in [1.54, 1.807) is 4.68 Å². The van der Waals surface area contributed by atoms with Crippen molar-refractivity contribution < 1.29 is 21.9 Å². The Bertz CT molecular complexity index is 1180. The number of tetrazole rings is 1. The number of aromatic nitrogens is 4. The monoisotopic (exact) mass is 464 g/mol. The van der Waals surface area contributed by atoms with Gasteiger partial charge in [-0.05, 0) is 53.7 Å². The van der Waals surface area contributed by atoms with Gasteiger partial charge in [-0.2, -0.15) is 8.99 Å². The molecule has 12 heteroatoms. The van der Waals surface area contributed by atoms with Crippen LogP contribution in [-0.4, -0.2) is 70.6 Å². The number of rotatable bonds is 7. The van der Waals surface area contributed by atoms with Gasteiger partial charge in [0, 0.05) is 32.2 Å². The molecule has 0 amide bonds. The predicted molar refractivity (Wildman–Crippen MR) is 111 cm³/mol. The number of hydrogen-bond donors (Lipinski definition) is 0. The van der Waals surface area contributed by atoms with E-state index in [0.29, 0.717) is 38.1 Å². The zero-order valence-electron chi connectivity index (χ0n) is 17.4. The first-order valence-corrected chi connectivity index (χ1v) is 11.5. The smallest absolute Gasteiger partial charge is 0.246 e. The first kappa shape index (κ1) is 22.2. The molecule has 3 aromatic rings. The lowest BCUT2D eigenvalue weighted by atomic mass is 10.3. The minimum Gasteiger partial charge on any atom is -0.494 e. The average Bonchev–Trinajstić information content (AvgIpc) is 3.23. The third-order valence-electron chi connectivity index (χ3n) is 5.13. The van der Waals surface area contributed by atoms with Crippen LogP contribution in [0.2, 0.25) is 0 Å². The van der Waals surface area contributed by atoms with E-state index in [-0.39, 0.29) is 13.1 Å². The molecule has 0 radical (unpaired) electrons. The summed E-state index contributed by atoms with van der Waals surface area (Å²) in [5.41, 5.74) is 0.779. The van der Waals surface area contributed by atoms with E-state index >= 15 is 0 Å². The Labute approximate surface area is 184 Å². The van der Waals surface area contributed by atoms with Crippen LogP contribution in [0.3, 0.4) is 0 Å². The van der Waals surface area contributed by atoms with Crippen molar-refractivity contribution in [3.05, 3.63) is 59.9 Å². The minimum absolute atomic E-state index is 0.170. The highest BCUT2D eigenvalue weighted by Gasteiger charge is 2.31. The van der Waals surface area contributed by atoms with E-state index in [1.807, 2.05) is 36.1 Å². The van der Waals surface area contributed by atoms with Crippen LogP contribution >= 0.6 is 0 Å². The second-order valence-electron chi connectivity index (χ2n) is 7.19. The van der Waals surface area contributed by atoms with Crippen molar-refractivity contribution in [1.29, 1.82) is 0 Å². The van der Waals surface area contributed by atoms with Gasteiger partial charge in [0.05, 0.1) is 18.8 Å². The van der Waals surface area contributed by atoms with Crippen LogP contribution in [0.25, 0.3) is 5.69 Å². The maximum absolute atomic E-state index is 14.0. The van der Waals surface area contributed by atoms with Crippen molar-refractivity contribution in [2.75, 3.05) is 32.8 Å². The number of halogens is 2. The molecule has 0 saturated carbocycles. The summed E-state index contributed by atoms with van der Waals surface area (Å²) in [5, 5.41) is 11.9. The minimum atomic E-state index is -4.05. The Morgan fingerprint density at radius 1 is 1.03 bits per heavy atom. The van der Waals surface area contributed by atoms with Crippen molar-refractivity contribution in [2.45, 2.75) is 18.4 Å². The van der Waals surface area contributed by atoms with E-state index in [1.165, 1.54) is 4.31 Å². The Morgan fingerprint density at radius 2 is 1.75 bits per heavy atom. The largest absolute Gasteiger partial charge is 0.494 e. The van der Waals surface area contributed by atoms with Gasteiger partial charge in [0.15, 0.2) is 5.82 Å². The van der Waals surface area contributed by atoms with Crippen molar-refractivity contribution in [3.63, 3.8) is 0 Å². The molecule has 1 aliphatic rings. The summed E-state index contributed by atoms with van der Waals surface area (Å²) in [6.07, 6.45) is 0. The fourth-order valence-corrected chi connectivity index (χ4v) is 4.97. The maximum Gasteiger partial charge on any atom is 0.246 e.